The largest absolute Gasteiger partial charge is 0.378 e. The number of hydrogen-bond donors (Lipinski definition) is 1. The van der Waals surface area contributed by atoms with Gasteiger partial charge in [0, 0.05) is 41.4 Å². The number of carbonyl (C=O) groups is 2. The average Bonchev–Trinajstić information content (AvgIpc) is 2.90. The highest BCUT2D eigenvalue weighted by Gasteiger charge is 2.21. The lowest BCUT2D eigenvalue weighted by molar-refractivity contribution is 0.101. The average molecular weight is 491 g/mol. The van der Waals surface area contributed by atoms with E-state index in [0.717, 1.165) is 23.9 Å². The van der Waals surface area contributed by atoms with Crippen molar-refractivity contribution in [2.24, 2.45) is 0 Å². The van der Waals surface area contributed by atoms with Gasteiger partial charge in [-0.2, -0.15) is 0 Å². The van der Waals surface area contributed by atoms with Crippen LogP contribution in [0.5, 0.6) is 0 Å². The second kappa shape index (κ2) is 9.79. The number of carbonyl (C=O) groups excluding carboxylic acids is 2. The first-order valence-corrected chi connectivity index (χ1v) is 11.2. The molecule has 1 saturated heterocycles. The second-order valence-corrected chi connectivity index (χ2v) is 8.31. The van der Waals surface area contributed by atoms with Crippen molar-refractivity contribution in [3.8, 4) is 0 Å². The normalized spacial score (nSPS) is 13.6. The fraction of sp³-hybridized carbons (Fsp3) is 0.148. The molecule has 5 rings (SSSR count). The summed E-state index contributed by atoms with van der Waals surface area (Å²) in [7, 11) is 0. The van der Waals surface area contributed by atoms with Crippen LogP contribution in [0.1, 0.15) is 26.3 Å². The van der Waals surface area contributed by atoms with Gasteiger partial charge in [0.2, 0.25) is 0 Å². The number of ketones is 1. The molecule has 0 radical (unpaired) electrons. The van der Waals surface area contributed by atoms with Gasteiger partial charge in [-0.05, 0) is 48.5 Å². The monoisotopic (exact) mass is 491 g/mol. The van der Waals surface area contributed by atoms with Crippen LogP contribution in [-0.2, 0) is 4.74 Å². The minimum Gasteiger partial charge on any atom is -0.378 e. The molecule has 3 aromatic carbocycles. The molecule has 182 valence electrons. The highest BCUT2D eigenvalue weighted by atomic mass is 19.2. The highest BCUT2D eigenvalue weighted by Crippen LogP contribution is 2.26. The number of fused-ring (bicyclic) bond motifs is 1. The van der Waals surface area contributed by atoms with E-state index in [4.69, 9.17) is 4.74 Å². The third kappa shape index (κ3) is 4.78. The molecule has 0 atom stereocenters. The van der Waals surface area contributed by atoms with E-state index in [0.29, 0.717) is 37.2 Å². The number of ether oxygens (including phenoxy) is 1. The molecule has 1 aliphatic heterocycles. The van der Waals surface area contributed by atoms with Gasteiger partial charge >= 0.3 is 0 Å². The third-order valence-electron chi connectivity index (χ3n) is 5.92. The summed E-state index contributed by atoms with van der Waals surface area (Å²) in [5, 5.41) is 3.05. The number of halogens is 3. The zero-order valence-corrected chi connectivity index (χ0v) is 18.9. The molecule has 1 aliphatic rings. The first-order valence-electron chi connectivity index (χ1n) is 11.2. The lowest BCUT2D eigenvalue weighted by Crippen LogP contribution is -2.36. The summed E-state index contributed by atoms with van der Waals surface area (Å²) in [4.78, 5) is 32.2. The predicted molar refractivity (Wildman–Crippen MR) is 129 cm³/mol. The minimum atomic E-state index is -1.33. The molecule has 9 heteroatoms. The highest BCUT2D eigenvalue weighted by molar-refractivity contribution is 6.12. The van der Waals surface area contributed by atoms with E-state index >= 15 is 0 Å². The number of amides is 1. The molecule has 1 aromatic heterocycles. The fourth-order valence-electron chi connectivity index (χ4n) is 4.07. The Balaban J connectivity index is 1.45. The standard InChI is InChI=1S/C27H20F3N3O3/c28-19-3-1-2-17(11-19)27(35)32-20-13-22(25(30)23(29)14-20)26(34)16-4-5-24-18(10-16)12-21(15-31-24)33-6-8-36-9-7-33/h1-5,10-15H,6-9H2,(H,32,35). The maximum Gasteiger partial charge on any atom is 0.255 e. The Morgan fingerprint density at radius 2 is 1.72 bits per heavy atom. The molecule has 0 aliphatic carbocycles. The Bertz CT molecular complexity index is 1490. The van der Waals surface area contributed by atoms with Crippen molar-refractivity contribution < 1.29 is 27.5 Å². The number of rotatable bonds is 5. The van der Waals surface area contributed by atoms with Crippen LogP contribution in [0.15, 0.2) is 66.9 Å². The Labute approximate surface area is 204 Å². The Kier molecular flexibility index (Phi) is 6.39. The molecule has 36 heavy (non-hydrogen) atoms. The van der Waals surface area contributed by atoms with E-state index in [9.17, 15) is 22.8 Å². The summed E-state index contributed by atoms with van der Waals surface area (Å²) in [6, 6.07) is 13.3. The van der Waals surface area contributed by atoms with Crippen LogP contribution < -0.4 is 10.2 Å². The maximum atomic E-state index is 14.7. The number of hydrogen-bond acceptors (Lipinski definition) is 5. The zero-order valence-electron chi connectivity index (χ0n) is 18.9. The molecule has 6 nitrogen and oxygen atoms in total. The van der Waals surface area contributed by atoms with Crippen LogP contribution in [0.4, 0.5) is 24.5 Å². The number of morpholine rings is 1. The van der Waals surface area contributed by atoms with Crippen LogP contribution in [-0.4, -0.2) is 43.0 Å². The van der Waals surface area contributed by atoms with Gasteiger partial charge in [0.1, 0.15) is 5.82 Å². The van der Waals surface area contributed by atoms with Gasteiger partial charge in [-0.25, -0.2) is 13.2 Å². The van der Waals surface area contributed by atoms with E-state index in [1.807, 2.05) is 6.07 Å². The molecule has 0 bridgehead atoms. The number of benzene rings is 3. The minimum absolute atomic E-state index is 0.00860. The van der Waals surface area contributed by atoms with E-state index < -0.39 is 34.7 Å². The summed E-state index contributed by atoms with van der Waals surface area (Å²) in [5.74, 6) is -4.74. The van der Waals surface area contributed by atoms with Gasteiger partial charge in [0.15, 0.2) is 17.4 Å². The first kappa shape index (κ1) is 23.5. The van der Waals surface area contributed by atoms with Crippen LogP contribution in [0.2, 0.25) is 0 Å². The summed E-state index contributed by atoms with van der Waals surface area (Å²) in [5.41, 5.74) is 0.965. The van der Waals surface area contributed by atoms with E-state index in [1.54, 1.807) is 18.3 Å². The summed E-state index contributed by atoms with van der Waals surface area (Å²) < 4.78 is 47.9. The molecule has 0 spiro atoms. The van der Waals surface area contributed by atoms with Gasteiger partial charge in [-0.15, -0.1) is 0 Å². The SMILES string of the molecule is O=C(Nc1cc(F)c(F)c(C(=O)c2ccc3ncc(N4CCOCC4)cc3c2)c1)c1cccc(F)c1. The van der Waals surface area contributed by atoms with Crippen LogP contribution >= 0.6 is 0 Å². The van der Waals surface area contributed by atoms with Crippen LogP contribution in [0.25, 0.3) is 10.9 Å². The van der Waals surface area contributed by atoms with Gasteiger partial charge in [0.05, 0.1) is 36.2 Å². The van der Waals surface area contributed by atoms with Gasteiger partial charge in [-0.3, -0.25) is 14.6 Å². The fourth-order valence-corrected chi connectivity index (χ4v) is 4.07. The first-order chi connectivity index (χ1) is 17.4. The Morgan fingerprint density at radius 1 is 0.917 bits per heavy atom. The van der Waals surface area contributed by atoms with Crippen molar-refractivity contribution in [1.82, 2.24) is 4.98 Å². The predicted octanol–water partition coefficient (Wildman–Crippen LogP) is 4.97. The van der Waals surface area contributed by atoms with Gasteiger partial charge in [0.25, 0.3) is 5.91 Å². The molecule has 1 fully saturated rings. The molecule has 0 saturated carbocycles. The molecule has 0 unspecified atom stereocenters. The number of anilines is 2. The Hall–Kier alpha value is -4.24. The zero-order chi connectivity index (χ0) is 25.2. The second-order valence-electron chi connectivity index (χ2n) is 8.31. The summed E-state index contributed by atoms with van der Waals surface area (Å²) in [6.07, 6.45) is 1.74. The topological polar surface area (TPSA) is 71.5 Å². The van der Waals surface area contributed by atoms with Gasteiger partial charge < -0.3 is 15.0 Å². The van der Waals surface area contributed by atoms with Crippen LogP contribution in [0, 0.1) is 17.5 Å². The van der Waals surface area contributed by atoms with Crippen molar-refractivity contribution in [1.29, 1.82) is 0 Å². The smallest absolute Gasteiger partial charge is 0.255 e. The van der Waals surface area contributed by atoms with Gasteiger partial charge in [-0.1, -0.05) is 6.07 Å². The Morgan fingerprint density at radius 3 is 2.50 bits per heavy atom. The van der Waals surface area contributed by atoms with E-state index in [-0.39, 0.29) is 16.8 Å². The van der Waals surface area contributed by atoms with Crippen LogP contribution in [0.3, 0.4) is 0 Å². The summed E-state index contributed by atoms with van der Waals surface area (Å²) >= 11 is 0. The van der Waals surface area contributed by atoms with Crippen molar-refractivity contribution in [2.45, 2.75) is 0 Å². The molecule has 2 heterocycles. The van der Waals surface area contributed by atoms with Crippen molar-refractivity contribution in [3.05, 3.63) is 101 Å². The maximum absolute atomic E-state index is 14.7. The van der Waals surface area contributed by atoms with E-state index in [2.05, 4.69) is 15.2 Å². The molecular weight excluding hydrogens is 471 g/mol. The quantitative estimate of drug-likeness (QED) is 0.399. The number of nitrogens with one attached hydrogen (secondary N) is 1. The lowest BCUT2D eigenvalue weighted by atomic mass is 10.00. The molecule has 1 amide bonds. The number of pyridine rings is 1. The molecule has 1 N–H and O–H groups in total. The lowest BCUT2D eigenvalue weighted by Gasteiger charge is -2.28. The number of aromatic nitrogens is 1. The number of nitrogens with zero attached hydrogens (tertiary/aromatic N) is 2. The van der Waals surface area contributed by atoms with Crippen molar-refractivity contribution in [2.75, 3.05) is 36.5 Å². The molecular formula is C27H20F3N3O3. The van der Waals surface area contributed by atoms with Crippen molar-refractivity contribution in [3.63, 3.8) is 0 Å². The summed E-state index contributed by atoms with van der Waals surface area (Å²) in [6.45, 7) is 2.63. The molecule has 4 aromatic rings. The van der Waals surface area contributed by atoms with E-state index in [1.165, 1.54) is 24.3 Å². The van der Waals surface area contributed by atoms with Crippen molar-refractivity contribution >= 4 is 34.0 Å². The third-order valence-corrected chi connectivity index (χ3v) is 5.92.